The summed E-state index contributed by atoms with van der Waals surface area (Å²) in [6.07, 6.45) is 0. The summed E-state index contributed by atoms with van der Waals surface area (Å²) in [5.74, 6) is -1.13. The molecule has 0 bridgehead atoms. The van der Waals surface area contributed by atoms with Gasteiger partial charge in [-0.1, -0.05) is 6.07 Å². The van der Waals surface area contributed by atoms with Crippen LogP contribution in [0, 0.1) is 25.5 Å². The fourth-order valence-electron chi connectivity index (χ4n) is 1.60. The average Bonchev–Trinajstić information content (AvgIpc) is 2.27. The first-order chi connectivity index (χ1) is 8.00. The minimum absolute atomic E-state index is 0.0969. The van der Waals surface area contributed by atoms with Crippen molar-refractivity contribution >= 4 is 5.82 Å². The smallest absolute Gasteiger partial charge is 0.168 e. The van der Waals surface area contributed by atoms with Crippen LogP contribution in [0.1, 0.15) is 11.4 Å². The van der Waals surface area contributed by atoms with Crippen LogP contribution in [-0.2, 0) is 0 Å². The van der Waals surface area contributed by atoms with Gasteiger partial charge in [0.15, 0.2) is 11.6 Å². The van der Waals surface area contributed by atoms with Gasteiger partial charge in [0.1, 0.15) is 11.6 Å². The number of benzene rings is 1. The van der Waals surface area contributed by atoms with E-state index in [2.05, 4.69) is 9.97 Å². The first-order valence-corrected chi connectivity index (χ1v) is 5.06. The van der Waals surface area contributed by atoms with Crippen LogP contribution in [-0.4, -0.2) is 9.97 Å². The van der Waals surface area contributed by atoms with Crippen molar-refractivity contribution in [2.45, 2.75) is 13.8 Å². The van der Waals surface area contributed by atoms with Gasteiger partial charge in [0, 0.05) is 11.1 Å². The van der Waals surface area contributed by atoms with Gasteiger partial charge in [-0.3, -0.25) is 0 Å². The van der Waals surface area contributed by atoms with E-state index in [4.69, 9.17) is 5.73 Å². The fourth-order valence-corrected chi connectivity index (χ4v) is 1.60. The van der Waals surface area contributed by atoms with E-state index < -0.39 is 11.6 Å². The van der Waals surface area contributed by atoms with Crippen molar-refractivity contribution in [3.63, 3.8) is 0 Å². The van der Waals surface area contributed by atoms with Crippen molar-refractivity contribution in [1.29, 1.82) is 0 Å². The van der Waals surface area contributed by atoms with Gasteiger partial charge >= 0.3 is 0 Å². The van der Waals surface area contributed by atoms with Crippen molar-refractivity contribution in [3.8, 4) is 11.3 Å². The average molecular weight is 235 g/mol. The predicted molar refractivity (Wildman–Crippen MR) is 61.3 cm³/mol. The minimum atomic E-state index is -0.923. The van der Waals surface area contributed by atoms with Crippen LogP contribution in [0.25, 0.3) is 11.3 Å². The molecular weight excluding hydrogens is 224 g/mol. The van der Waals surface area contributed by atoms with Gasteiger partial charge in [-0.05, 0) is 26.0 Å². The van der Waals surface area contributed by atoms with E-state index in [9.17, 15) is 8.78 Å². The van der Waals surface area contributed by atoms with Crippen molar-refractivity contribution in [2.75, 3.05) is 5.73 Å². The fraction of sp³-hybridized carbons (Fsp3) is 0.167. The van der Waals surface area contributed by atoms with Gasteiger partial charge in [0.2, 0.25) is 0 Å². The summed E-state index contributed by atoms with van der Waals surface area (Å²) in [5.41, 5.74) is 6.64. The quantitative estimate of drug-likeness (QED) is 0.826. The standard InChI is InChI=1S/C12H11F2N3/c1-6-11(16-7(2)17-12(6)15)8-4-3-5-9(13)10(8)14/h3-5H,1-2H3,(H2,15,16,17). The summed E-state index contributed by atoms with van der Waals surface area (Å²) in [7, 11) is 0. The topological polar surface area (TPSA) is 51.8 Å². The van der Waals surface area contributed by atoms with Crippen LogP contribution in [0.2, 0.25) is 0 Å². The van der Waals surface area contributed by atoms with Crippen LogP contribution in [0.3, 0.4) is 0 Å². The maximum absolute atomic E-state index is 13.7. The number of aromatic nitrogens is 2. The molecule has 0 unspecified atom stereocenters. The number of nitrogen functional groups attached to an aromatic ring is 1. The molecule has 88 valence electrons. The molecule has 1 heterocycles. The maximum Gasteiger partial charge on any atom is 0.168 e. The van der Waals surface area contributed by atoms with Gasteiger partial charge < -0.3 is 5.73 Å². The summed E-state index contributed by atoms with van der Waals surface area (Å²) < 4.78 is 26.8. The Bertz CT molecular complexity index is 582. The minimum Gasteiger partial charge on any atom is -0.383 e. The van der Waals surface area contributed by atoms with Crippen molar-refractivity contribution in [3.05, 3.63) is 41.2 Å². The first kappa shape index (κ1) is 11.4. The SMILES string of the molecule is Cc1nc(N)c(C)c(-c2cccc(F)c2F)n1. The predicted octanol–water partition coefficient (Wildman–Crippen LogP) is 2.62. The third-order valence-corrected chi connectivity index (χ3v) is 2.50. The number of hydrogen-bond donors (Lipinski definition) is 1. The van der Waals surface area contributed by atoms with Crippen LogP contribution in [0.5, 0.6) is 0 Å². The second kappa shape index (κ2) is 4.08. The third kappa shape index (κ3) is 1.95. The molecule has 2 N–H and O–H groups in total. The molecule has 1 aromatic carbocycles. The Kier molecular flexibility index (Phi) is 2.75. The largest absolute Gasteiger partial charge is 0.383 e. The molecule has 2 aromatic rings. The molecule has 0 aliphatic rings. The number of hydrogen-bond acceptors (Lipinski definition) is 3. The highest BCUT2D eigenvalue weighted by atomic mass is 19.2. The van der Waals surface area contributed by atoms with Gasteiger partial charge in [0.25, 0.3) is 0 Å². The van der Waals surface area contributed by atoms with E-state index >= 15 is 0 Å². The molecule has 0 amide bonds. The Morgan fingerprint density at radius 2 is 1.82 bits per heavy atom. The van der Waals surface area contributed by atoms with Crippen LogP contribution in [0.15, 0.2) is 18.2 Å². The normalized spacial score (nSPS) is 10.6. The molecule has 0 atom stereocenters. The second-order valence-electron chi connectivity index (χ2n) is 3.73. The maximum atomic E-state index is 13.7. The molecule has 17 heavy (non-hydrogen) atoms. The molecule has 0 fully saturated rings. The molecule has 0 aliphatic carbocycles. The molecule has 0 saturated heterocycles. The lowest BCUT2D eigenvalue weighted by Gasteiger charge is -2.09. The van der Waals surface area contributed by atoms with E-state index in [1.54, 1.807) is 13.8 Å². The van der Waals surface area contributed by atoms with E-state index in [1.165, 1.54) is 12.1 Å². The van der Waals surface area contributed by atoms with Crippen molar-refractivity contribution in [1.82, 2.24) is 9.97 Å². The summed E-state index contributed by atoms with van der Waals surface area (Å²) in [6.45, 7) is 3.32. The zero-order valence-electron chi connectivity index (χ0n) is 9.46. The van der Waals surface area contributed by atoms with Gasteiger partial charge in [-0.2, -0.15) is 0 Å². The van der Waals surface area contributed by atoms with Gasteiger partial charge in [-0.25, -0.2) is 18.7 Å². The highest BCUT2D eigenvalue weighted by molar-refractivity contribution is 5.67. The Labute approximate surface area is 97.3 Å². The lowest BCUT2D eigenvalue weighted by Crippen LogP contribution is -2.03. The van der Waals surface area contributed by atoms with Crippen LogP contribution in [0.4, 0.5) is 14.6 Å². The summed E-state index contributed by atoms with van der Waals surface area (Å²) in [4.78, 5) is 8.07. The molecule has 5 heteroatoms. The molecular formula is C12H11F2N3. The number of aryl methyl sites for hydroxylation is 1. The summed E-state index contributed by atoms with van der Waals surface area (Å²) in [6, 6.07) is 3.96. The zero-order valence-corrected chi connectivity index (χ0v) is 9.46. The second-order valence-corrected chi connectivity index (χ2v) is 3.73. The van der Waals surface area contributed by atoms with Crippen LogP contribution >= 0.6 is 0 Å². The first-order valence-electron chi connectivity index (χ1n) is 5.06. The lowest BCUT2D eigenvalue weighted by molar-refractivity contribution is 0.511. The Morgan fingerprint density at radius 1 is 1.12 bits per heavy atom. The van der Waals surface area contributed by atoms with Crippen molar-refractivity contribution in [2.24, 2.45) is 0 Å². The monoisotopic (exact) mass is 235 g/mol. The molecule has 0 spiro atoms. The molecule has 0 saturated carbocycles. The Hall–Kier alpha value is -2.04. The number of nitrogens with two attached hydrogens (primary N) is 1. The van der Waals surface area contributed by atoms with E-state index in [1.807, 2.05) is 0 Å². The lowest BCUT2D eigenvalue weighted by atomic mass is 10.1. The number of anilines is 1. The van der Waals surface area contributed by atoms with Gasteiger partial charge in [-0.15, -0.1) is 0 Å². The molecule has 0 aliphatic heterocycles. The highest BCUT2D eigenvalue weighted by Crippen LogP contribution is 2.27. The van der Waals surface area contributed by atoms with E-state index in [-0.39, 0.29) is 11.4 Å². The Morgan fingerprint density at radius 3 is 2.53 bits per heavy atom. The number of rotatable bonds is 1. The van der Waals surface area contributed by atoms with Crippen LogP contribution < -0.4 is 5.73 Å². The zero-order chi connectivity index (χ0) is 12.6. The third-order valence-electron chi connectivity index (χ3n) is 2.50. The van der Waals surface area contributed by atoms with E-state index in [0.29, 0.717) is 17.1 Å². The molecule has 3 nitrogen and oxygen atoms in total. The summed E-state index contributed by atoms with van der Waals surface area (Å²) in [5, 5.41) is 0. The number of nitrogens with zero attached hydrogens (tertiary/aromatic N) is 2. The molecule has 2 rings (SSSR count). The summed E-state index contributed by atoms with van der Waals surface area (Å²) >= 11 is 0. The van der Waals surface area contributed by atoms with Crippen molar-refractivity contribution < 1.29 is 8.78 Å². The molecule has 1 aromatic heterocycles. The number of halogens is 2. The Balaban J connectivity index is 2.73. The van der Waals surface area contributed by atoms with E-state index in [0.717, 1.165) is 6.07 Å². The molecule has 0 radical (unpaired) electrons. The van der Waals surface area contributed by atoms with Gasteiger partial charge in [0.05, 0.1) is 5.69 Å². The highest BCUT2D eigenvalue weighted by Gasteiger charge is 2.15.